The molecule has 0 atom stereocenters. The number of carbonyl (C=O) groups excluding carboxylic acids is 1. The molecule has 0 unspecified atom stereocenters. The van der Waals surface area contributed by atoms with Crippen molar-refractivity contribution in [1.29, 1.82) is 0 Å². The van der Waals surface area contributed by atoms with E-state index < -0.39 is 0 Å². The second kappa shape index (κ2) is 10.6. The lowest BCUT2D eigenvalue weighted by atomic mass is 10.2. The number of aromatic amines is 1. The van der Waals surface area contributed by atoms with Gasteiger partial charge in [0.15, 0.2) is 10.6 Å². The molecular formula is C22H26N4O3S. The van der Waals surface area contributed by atoms with Gasteiger partial charge in [-0.1, -0.05) is 12.1 Å². The van der Waals surface area contributed by atoms with Crippen molar-refractivity contribution in [2.75, 3.05) is 20.3 Å². The van der Waals surface area contributed by atoms with Crippen LogP contribution >= 0.6 is 12.2 Å². The molecule has 3 rings (SSSR count). The van der Waals surface area contributed by atoms with Crippen LogP contribution in [0.3, 0.4) is 0 Å². The van der Waals surface area contributed by atoms with E-state index in [1.54, 1.807) is 7.11 Å². The van der Waals surface area contributed by atoms with Crippen LogP contribution in [0.4, 0.5) is 0 Å². The molecule has 0 aliphatic carbocycles. The van der Waals surface area contributed by atoms with Gasteiger partial charge >= 0.3 is 0 Å². The Morgan fingerprint density at radius 1 is 1.20 bits per heavy atom. The molecule has 0 saturated carbocycles. The number of nitrogens with one attached hydrogen (secondary N) is 2. The Bertz CT molecular complexity index is 1030. The van der Waals surface area contributed by atoms with Gasteiger partial charge in [0.1, 0.15) is 11.5 Å². The van der Waals surface area contributed by atoms with Gasteiger partial charge in [0.2, 0.25) is 5.91 Å². The molecule has 1 amide bonds. The summed E-state index contributed by atoms with van der Waals surface area (Å²) < 4.78 is 13.2. The van der Waals surface area contributed by atoms with E-state index in [0.717, 1.165) is 29.0 Å². The maximum Gasteiger partial charge on any atom is 0.221 e. The zero-order valence-electron chi connectivity index (χ0n) is 17.2. The zero-order chi connectivity index (χ0) is 21.3. The van der Waals surface area contributed by atoms with Gasteiger partial charge in [0.25, 0.3) is 0 Å². The first kappa shape index (κ1) is 21.6. The zero-order valence-corrected chi connectivity index (χ0v) is 18.0. The highest BCUT2D eigenvalue weighted by Gasteiger charge is 2.11. The predicted octanol–water partition coefficient (Wildman–Crippen LogP) is 3.90. The van der Waals surface area contributed by atoms with Crippen LogP contribution in [0.1, 0.15) is 18.4 Å². The van der Waals surface area contributed by atoms with Gasteiger partial charge < -0.3 is 14.8 Å². The van der Waals surface area contributed by atoms with Crippen molar-refractivity contribution in [2.24, 2.45) is 0 Å². The number of hydrogen-bond donors (Lipinski definition) is 2. The van der Waals surface area contributed by atoms with Crippen molar-refractivity contribution in [1.82, 2.24) is 20.1 Å². The molecular weight excluding hydrogens is 400 g/mol. The van der Waals surface area contributed by atoms with E-state index in [0.29, 0.717) is 36.7 Å². The number of benzene rings is 2. The number of rotatable bonds is 10. The molecule has 0 aliphatic rings. The lowest BCUT2D eigenvalue weighted by Gasteiger charge is -2.09. The van der Waals surface area contributed by atoms with E-state index in [1.807, 2.05) is 60.0 Å². The van der Waals surface area contributed by atoms with Crippen LogP contribution in [0, 0.1) is 11.7 Å². The van der Waals surface area contributed by atoms with E-state index in [1.165, 1.54) is 0 Å². The smallest absolute Gasteiger partial charge is 0.221 e. The molecule has 158 valence electrons. The van der Waals surface area contributed by atoms with Crippen molar-refractivity contribution >= 4 is 18.1 Å². The SMILES string of the molecule is COc1ccc(-c2n[nH]c(=S)n2CCC(=O)NCCCOc2cccc(C)c2)cc1. The van der Waals surface area contributed by atoms with Crippen LogP contribution in [-0.4, -0.2) is 40.9 Å². The molecule has 8 heteroatoms. The molecule has 1 heterocycles. The number of H-pyrrole nitrogens is 1. The molecule has 0 radical (unpaired) electrons. The first-order valence-corrected chi connectivity index (χ1v) is 10.2. The molecule has 0 spiro atoms. The third-order valence-electron chi connectivity index (χ3n) is 4.57. The van der Waals surface area contributed by atoms with E-state index in [2.05, 4.69) is 15.5 Å². The standard InChI is InChI=1S/C22H26N4O3S/c1-16-5-3-6-19(15-16)29-14-4-12-23-20(27)11-13-26-21(24-25-22(26)30)17-7-9-18(28-2)10-8-17/h3,5-10,15H,4,11-14H2,1-2H3,(H,23,27)(H,25,30). The number of amides is 1. The number of hydrogen-bond acceptors (Lipinski definition) is 5. The van der Waals surface area contributed by atoms with Crippen molar-refractivity contribution < 1.29 is 14.3 Å². The van der Waals surface area contributed by atoms with Crippen LogP contribution in [0.15, 0.2) is 48.5 Å². The lowest BCUT2D eigenvalue weighted by Crippen LogP contribution is -2.26. The summed E-state index contributed by atoms with van der Waals surface area (Å²) in [6.07, 6.45) is 1.05. The molecule has 30 heavy (non-hydrogen) atoms. The summed E-state index contributed by atoms with van der Waals surface area (Å²) >= 11 is 5.32. The number of carbonyl (C=O) groups is 1. The Labute approximate surface area is 181 Å². The fourth-order valence-electron chi connectivity index (χ4n) is 2.98. The van der Waals surface area contributed by atoms with Crippen LogP contribution in [0.5, 0.6) is 11.5 Å². The molecule has 7 nitrogen and oxygen atoms in total. The highest BCUT2D eigenvalue weighted by molar-refractivity contribution is 7.71. The summed E-state index contributed by atoms with van der Waals surface area (Å²) in [7, 11) is 1.62. The van der Waals surface area contributed by atoms with Gasteiger partial charge in [-0.25, -0.2) is 0 Å². The predicted molar refractivity (Wildman–Crippen MR) is 118 cm³/mol. The number of aromatic nitrogens is 3. The summed E-state index contributed by atoms with van der Waals surface area (Å²) in [4.78, 5) is 12.2. The van der Waals surface area contributed by atoms with Gasteiger partial charge in [-0.2, -0.15) is 5.10 Å². The molecule has 0 fully saturated rings. The summed E-state index contributed by atoms with van der Waals surface area (Å²) in [6.45, 7) is 3.59. The Hall–Kier alpha value is -3.13. The average molecular weight is 427 g/mol. The molecule has 1 aromatic heterocycles. The number of nitrogens with zero attached hydrogens (tertiary/aromatic N) is 2. The summed E-state index contributed by atoms with van der Waals surface area (Å²) in [5.74, 6) is 2.28. The number of methoxy groups -OCH3 is 1. The second-order valence-corrected chi connectivity index (χ2v) is 7.24. The highest BCUT2D eigenvalue weighted by atomic mass is 32.1. The third kappa shape index (κ3) is 5.93. The van der Waals surface area contributed by atoms with Crippen molar-refractivity contribution in [2.45, 2.75) is 26.3 Å². The average Bonchev–Trinajstić information content (AvgIpc) is 3.12. The minimum atomic E-state index is -0.0330. The second-order valence-electron chi connectivity index (χ2n) is 6.85. The van der Waals surface area contributed by atoms with Crippen LogP contribution < -0.4 is 14.8 Å². The molecule has 0 saturated heterocycles. The minimum absolute atomic E-state index is 0.0330. The molecule has 2 aromatic carbocycles. The Morgan fingerprint density at radius 2 is 2.00 bits per heavy atom. The van der Waals surface area contributed by atoms with Gasteiger partial charge in [0, 0.05) is 25.1 Å². The number of aryl methyl sites for hydroxylation is 1. The van der Waals surface area contributed by atoms with Gasteiger partial charge in [0.05, 0.1) is 13.7 Å². The lowest BCUT2D eigenvalue weighted by molar-refractivity contribution is -0.121. The van der Waals surface area contributed by atoms with E-state index in [-0.39, 0.29) is 5.91 Å². The van der Waals surface area contributed by atoms with Crippen molar-refractivity contribution in [3.63, 3.8) is 0 Å². The number of ether oxygens (including phenoxy) is 2. The molecule has 0 bridgehead atoms. The van der Waals surface area contributed by atoms with Crippen LogP contribution in [-0.2, 0) is 11.3 Å². The first-order chi connectivity index (χ1) is 14.6. The van der Waals surface area contributed by atoms with E-state index >= 15 is 0 Å². The van der Waals surface area contributed by atoms with Gasteiger partial charge in [-0.05, 0) is 67.5 Å². The molecule has 3 aromatic rings. The molecule has 2 N–H and O–H groups in total. The normalized spacial score (nSPS) is 10.6. The Kier molecular flexibility index (Phi) is 7.62. The van der Waals surface area contributed by atoms with E-state index in [4.69, 9.17) is 21.7 Å². The van der Waals surface area contributed by atoms with Crippen LogP contribution in [0.2, 0.25) is 0 Å². The first-order valence-electron chi connectivity index (χ1n) is 9.82. The topological polar surface area (TPSA) is 81.2 Å². The van der Waals surface area contributed by atoms with Crippen LogP contribution in [0.25, 0.3) is 11.4 Å². The minimum Gasteiger partial charge on any atom is -0.497 e. The maximum absolute atomic E-state index is 12.2. The monoisotopic (exact) mass is 426 g/mol. The quantitative estimate of drug-likeness (QED) is 0.380. The van der Waals surface area contributed by atoms with Crippen molar-refractivity contribution in [3.05, 3.63) is 58.9 Å². The maximum atomic E-state index is 12.2. The van der Waals surface area contributed by atoms with E-state index in [9.17, 15) is 4.79 Å². The summed E-state index contributed by atoms with van der Waals surface area (Å²) in [6, 6.07) is 15.5. The largest absolute Gasteiger partial charge is 0.497 e. The Morgan fingerprint density at radius 3 is 2.73 bits per heavy atom. The van der Waals surface area contributed by atoms with Gasteiger partial charge in [-0.15, -0.1) is 0 Å². The van der Waals surface area contributed by atoms with Gasteiger partial charge in [-0.3, -0.25) is 14.5 Å². The fourth-order valence-corrected chi connectivity index (χ4v) is 3.21. The summed E-state index contributed by atoms with van der Waals surface area (Å²) in [5, 5.41) is 10.0. The third-order valence-corrected chi connectivity index (χ3v) is 4.88. The Balaban J connectivity index is 1.44. The van der Waals surface area contributed by atoms with Crippen molar-refractivity contribution in [3.8, 4) is 22.9 Å². The highest BCUT2D eigenvalue weighted by Crippen LogP contribution is 2.21. The molecule has 0 aliphatic heterocycles. The fraction of sp³-hybridized carbons (Fsp3) is 0.318. The summed E-state index contributed by atoms with van der Waals surface area (Å²) in [5.41, 5.74) is 2.06.